The molecule has 9 heteroatoms. The summed E-state index contributed by atoms with van der Waals surface area (Å²) in [7, 11) is 3.24. The topological polar surface area (TPSA) is 78.3 Å². The van der Waals surface area contributed by atoms with E-state index in [9.17, 15) is 4.79 Å². The quantitative estimate of drug-likeness (QED) is 0.319. The number of methoxy groups -OCH3 is 2. The number of anilines is 1. The molecule has 1 amide bonds. The molecule has 0 bridgehead atoms. The number of amides is 1. The molecular formula is C25H23ClN4O3S. The van der Waals surface area contributed by atoms with Crippen LogP contribution in [0.1, 0.15) is 5.56 Å². The third-order valence-corrected chi connectivity index (χ3v) is 6.50. The highest BCUT2D eigenvalue weighted by atomic mass is 35.5. The normalized spacial score (nSPS) is 10.7. The average molecular weight is 495 g/mol. The van der Waals surface area contributed by atoms with Gasteiger partial charge in [0.25, 0.3) is 0 Å². The van der Waals surface area contributed by atoms with Gasteiger partial charge in [0.15, 0.2) is 11.0 Å². The van der Waals surface area contributed by atoms with Crippen LogP contribution in [0, 0.1) is 6.92 Å². The van der Waals surface area contributed by atoms with Crippen molar-refractivity contribution in [1.82, 2.24) is 14.8 Å². The molecule has 4 aromatic rings. The van der Waals surface area contributed by atoms with Gasteiger partial charge in [-0.15, -0.1) is 10.2 Å². The van der Waals surface area contributed by atoms with E-state index < -0.39 is 0 Å². The Balaban J connectivity index is 1.63. The molecule has 4 rings (SSSR count). The Morgan fingerprint density at radius 3 is 2.47 bits per heavy atom. The minimum Gasteiger partial charge on any atom is -0.497 e. The van der Waals surface area contributed by atoms with Crippen LogP contribution < -0.4 is 14.8 Å². The Bertz CT molecular complexity index is 1310. The van der Waals surface area contributed by atoms with Crippen LogP contribution in [-0.2, 0) is 4.79 Å². The summed E-state index contributed by atoms with van der Waals surface area (Å²) in [4.78, 5) is 12.7. The zero-order valence-electron chi connectivity index (χ0n) is 18.9. The zero-order valence-corrected chi connectivity index (χ0v) is 20.5. The maximum Gasteiger partial charge on any atom is 0.234 e. The molecule has 1 N–H and O–H groups in total. The second-order valence-electron chi connectivity index (χ2n) is 7.32. The Hall–Kier alpha value is -3.49. The first-order valence-electron chi connectivity index (χ1n) is 10.4. The monoisotopic (exact) mass is 494 g/mol. The van der Waals surface area contributed by atoms with Gasteiger partial charge >= 0.3 is 0 Å². The molecule has 0 fully saturated rings. The van der Waals surface area contributed by atoms with Gasteiger partial charge in [0.2, 0.25) is 5.91 Å². The number of benzene rings is 3. The molecule has 0 saturated carbocycles. The van der Waals surface area contributed by atoms with E-state index >= 15 is 0 Å². The number of halogens is 1. The largest absolute Gasteiger partial charge is 0.497 e. The van der Waals surface area contributed by atoms with Crippen molar-refractivity contribution in [3.05, 3.63) is 77.3 Å². The van der Waals surface area contributed by atoms with Gasteiger partial charge in [-0.25, -0.2) is 0 Å². The maximum absolute atomic E-state index is 12.7. The molecule has 3 aromatic carbocycles. The van der Waals surface area contributed by atoms with E-state index in [1.165, 1.54) is 11.8 Å². The van der Waals surface area contributed by atoms with E-state index in [0.717, 1.165) is 22.6 Å². The summed E-state index contributed by atoms with van der Waals surface area (Å²) in [5, 5.41) is 12.9. The second-order valence-corrected chi connectivity index (χ2v) is 8.67. The summed E-state index contributed by atoms with van der Waals surface area (Å²) in [6.07, 6.45) is 0. The number of hydrogen-bond acceptors (Lipinski definition) is 6. The molecule has 0 radical (unpaired) electrons. The molecule has 1 heterocycles. The van der Waals surface area contributed by atoms with Crippen molar-refractivity contribution in [3.8, 4) is 28.6 Å². The lowest BCUT2D eigenvalue weighted by atomic mass is 10.2. The lowest BCUT2D eigenvalue weighted by molar-refractivity contribution is -0.113. The van der Waals surface area contributed by atoms with E-state index in [4.69, 9.17) is 21.1 Å². The van der Waals surface area contributed by atoms with Crippen LogP contribution in [0.4, 0.5) is 5.69 Å². The van der Waals surface area contributed by atoms with Crippen molar-refractivity contribution >= 4 is 35.0 Å². The summed E-state index contributed by atoms with van der Waals surface area (Å²) in [5.74, 6) is 2.08. The van der Waals surface area contributed by atoms with Crippen molar-refractivity contribution in [2.75, 3.05) is 25.3 Å². The number of thioether (sulfide) groups is 1. The summed E-state index contributed by atoms with van der Waals surface area (Å²) >= 11 is 7.46. The molecule has 0 saturated heterocycles. The molecule has 0 unspecified atom stereocenters. The van der Waals surface area contributed by atoms with Gasteiger partial charge in [0.05, 0.1) is 20.0 Å². The zero-order chi connectivity index (χ0) is 24.1. The molecule has 174 valence electrons. The van der Waals surface area contributed by atoms with Gasteiger partial charge in [0, 0.05) is 22.0 Å². The fraction of sp³-hybridized carbons (Fsp3) is 0.160. The Kier molecular flexibility index (Phi) is 7.40. The Morgan fingerprint density at radius 1 is 1.00 bits per heavy atom. The van der Waals surface area contributed by atoms with Crippen LogP contribution in [0.3, 0.4) is 0 Å². The third kappa shape index (κ3) is 5.18. The lowest BCUT2D eigenvalue weighted by Crippen LogP contribution is -2.15. The first-order chi connectivity index (χ1) is 16.5. The molecule has 0 aliphatic carbocycles. The van der Waals surface area contributed by atoms with E-state index in [1.54, 1.807) is 26.4 Å². The van der Waals surface area contributed by atoms with Crippen LogP contribution >= 0.6 is 23.4 Å². The number of carbonyl (C=O) groups is 1. The maximum atomic E-state index is 12.7. The lowest BCUT2D eigenvalue weighted by Gasteiger charge is -2.12. The molecule has 0 aliphatic heterocycles. The van der Waals surface area contributed by atoms with Crippen LogP contribution in [0.5, 0.6) is 11.5 Å². The van der Waals surface area contributed by atoms with Crippen molar-refractivity contribution in [2.24, 2.45) is 0 Å². The van der Waals surface area contributed by atoms with Crippen molar-refractivity contribution in [3.63, 3.8) is 0 Å². The van der Waals surface area contributed by atoms with Gasteiger partial charge < -0.3 is 14.8 Å². The van der Waals surface area contributed by atoms with Gasteiger partial charge in [-0.3, -0.25) is 9.36 Å². The highest BCUT2D eigenvalue weighted by Crippen LogP contribution is 2.31. The molecular weight excluding hydrogens is 472 g/mol. The number of carbonyl (C=O) groups excluding carboxylic acids is 1. The Morgan fingerprint density at radius 2 is 1.74 bits per heavy atom. The molecule has 0 aliphatic rings. The fourth-order valence-electron chi connectivity index (χ4n) is 3.34. The number of ether oxygens (including phenoxy) is 2. The van der Waals surface area contributed by atoms with E-state index in [1.807, 2.05) is 66.1 Å². The predicted molar refractivity (Wildman–Crippen MR) is 135 cm³/mol. The minimum absolute atomic E-state index is 0.151. The first kappa shape index (κ1) is 23.7. The van der Waals surface area contributed by atoms with Gasteiger partial charge in [0.1, 0.15) is 11.5 Å². The van der Waals surface area contributed by atoms with Gasteiger partial charge in [-0.05, 0) is 61.0 Å². The number of rotatable bonds is 8. The molecule has 0 atom stereocenters. The molecule has 1 aromatic heterocycles. The summed E-state index contributed by atoms with van der Waals surface area (Å²) in [6.45, 7) is 1.87. The fourth-order valence-corrected chi connectivity index (χ4v) is 4.26. The smallest absolute Gasteiger partial charge is 0.234 e. The summed E-state index contributed by atoms with van der Waals surface area (Å²) in [6, 6.07) is 20.6. The van der Waals surface area contributed by atoms with E-state index in [2.05, 4.69) is 15.5 Å². The molecule has 0 spiro atoms. The summed E-state index contributed by atoms with van der Waals surface area (Å²) in [5.41, 5.74) is 3.20. The van der Waals surface area contributed by atoms with Crippen molar-refractivity contribution < 1.29 is 14.3 Å². The number of hydrogen-bond donors (Lipinski definition) is 1. The van der Waals surface area contributed by atoms with E-state index in [-0.39, 0.29) is 11.7 Å². The minimum atomic E-state index is -0.164. The molecule has 7 nitrogen and oxygen atoms in total. The second kappa shape index (κ2) is 10.6. The van der Waals surface area contributed by atoms with Crippen LogP contribution in [0.25, 0.3) is 17.1 Å². The summed E-state index contributed by atoms with van der Waals surface area (Å²) < 4.78 is 12.6. The third-order valence-electron chi connectivity index (χ3n) is 5.17. The standard InChI is InChI=1S/C25H23ClN4O3S/c1-16-21(26)8-5-9-22(16)27-23(31)15-34-25-29-28-24(17-6-4-7-20(14-17)33-3)30(25)18-10-12-19(32-2)13-11-18/h4-14H,15H2,1-3H3,(H,27,31). The van der Waals surface area contributed by atoms with Gasteiger partial charge in [-0.2, -0.15) is 0 Å². The first-order valence-corrected chi connectivity index (χ1v) is 11.8. The van der Waals surface area contributed by atoms with E-state index in [0.29, 0.717) is 27.4 Å². The van der Waals surface area contributed by atoms with Crippen molar-refractivity contribution in [1.29, 1.82) is 0 Å². The number of nitrogens with zero attached hydrogens (tertiary/aromatic N) is 3. The average Bonchev–Trinajstić information content (AvgIpc) is 3.29. The number of aromatic nitrogens is 3. The predicted octanol–water partition coefficient (Wildman–Crippen LogP) is 5.64. The SMILES string of the molecule is COc1ccc(-n2c(SCC(=O)Nc3cccc(Cl)c3C)nnc2-c2cccc(OC)c2)cc1. The molecule has 34 heavy (non-hydrogen) atoms. The number of nitrogens with one attached hydrogen (secondary N) is 1. The van der Waals surface area contributed by atoms with Gasteiger partial charge in [-0.1, -0.05) is 41.6 Å². The van der Waals surface area contributed by atoms with Crippen LogP contribution in [-0.4, -0.2) is 40.6 Å². The Labute approximate surface area is 207 Å². The van der Waals surface area contributed by atoms with Crippen molar-refractivity contribution in [2.45, 2.75) is 12.1 Å². The highest BCUT2D eigenvalue weighted by Gasteiger charge is 2.18. The van der Waals surface area contributed by atoms with Crippen LogP contribution in [0.2, 0.25) is 5.02 Å². The van der Waals surface area contributed by atoms with Crippen LogP contribution in [0.15, 0.2) is 71.9 Å². The highest BCUT2D eigenvalue weighted by molar-refractivity contribution is 7.99.